The number of imide groups is 1. The Kier molecular flexibility index (Phi) is 8.93. The van der Waals surface area contributed by atoms with Gasteiger partial charge in [0.1, 0.15) is 6.04 Å². The molecule has 0 radical (unpaired) electrons. The molecule has 2 aromatic carbocycles. The summed E-state index contributed by atoms with van der Waals surface area (Å²) in [5, 5.41) is 12.8. The maximum atomic E-state index is 13.7. The van der Waals surface area contributed by atoms with E-state index >= 15 is 0 Å². The van der Waals surface area contributed by atoms with E-state index in [1.54, 1.807) is 41.7 Å². The number of aliphatic hydroxyl groups excluding tert-OH is 1. The third kappa shape index (κ3) is 5.95. The molecular formula is C30H36N2O5S2. The Morgan fingerprint density at radius 3 is 2.28 bits per heavy atom. The lowest BCUT2D eigenvalue weighted by Crippen LogP contribution is -2.38. The van der Waals surface area contributed by atoms with E-state index in [9.17, 15) is 23.1 Å². The van der Waals surface area contributed by atoms with Crippen LogP contribution in [0.2, 0.25) is 0 Å². The van der Waals surface area contributed by atoms with Crippen molar-refractivity contribution in [3.8, 4) is 0 Å². The van der Waals surface area contributed by atoms with Gasteiger partial charge in [0.15, 0.2) is 0 Å². The molecule has 4 rings (SSSR count). The van der Waals surface area contributed by atoms with Crippen LogP contribution >= 0.6 is 11.3 Å². The molecule has 1 aromatic heterocycles. The maximum absolute atomic E-state index is 13.7. The number of nitrogens with zero attached hydrogens (tertiary/aromatic N) is 2. The first-order valence-corrected chi connectivity index (χ1v) is 15.7. The number of sulfonamides is 1. The van der Waals surface area contributed by atoms with Gasteiger partial charge in [0.25, 0.3) is 15.9 Å². The zero-order valence-electron chi connectivity index (χ0n) is 22.6. The first kappa shape index (κ1) is 29.0. The van der Waals surface area contributed by atoms with Crippen molar-refractivity contribution in [2.24, 2.45) is 0 Å². The van der Waals surface area contributed by atoms with Crippen molar-refractivity contribution in [2.45, 2.75) is 81.8 Å². The molecule has 39 heavy (non-hydrogen) atoms. The Bertz CT molecular complexity index is 1370. The number of hydrogen-bond acceptors (Lipinski definition) is 6. The molecule has 2 heterocycles. The summed E-state index contributed by atoms with van der Waals surface area (Å²) in [6.45, 7) is 6.05. The molecule has 1 aliphatic rings. The summed E-state index contributed by atoms with van der Waals surface area (Å²) < 4.78 is 27.3. The Balaban J connectivity index is 1.65. The predicted molar refractivity (Wildman–Crippen MR) is 154 cm³/mol. The molecule has 0 aliphatic carbocycles. The number of hydrogen-bond donors (Lipinski definition) is 1. The fraction of sp³-hybridized carbons (Fsp3) is 0.400. The number of amides is 3. The molecule has 1 saturated heterocycles. The molecular weight excluding hydrogens is 532 g/mol. The summed E-state index contributed by atoms with van der Waals surface area (Å²) in [5.41, 5.74) is 0.833. The van der Waals surface area contributed by atoms with Gasteiger partial charge in [-0.3, -0.25) is 9.69 Å². The van der Waals surface area contributed by atoms with Crippen LogP contribution in [-0.4, -0.2) is 41.9 Å². The van der Waals surface area contributed by atoms with Crippen molar-refractivity contribution in [1.29, 1.82) is 0 Å². The minimum atomic E-state index is -4.37. The van der Waals surface area contributed by atoms with E-state index in [4.69, 9.17) is 0 Å². The molecule has 2 atom stereocenters. The monoisotopic (exact) mass is 568 g/mol. The lowest BCUT2D eigenvalue weighted by Gasteiger charge is -2.32. The molecule has 3 amide bonds. The van der Waals surface area contributed by atoms with E-state index in [0.717, 1.165) is 24.8 Å². The van der Waals surface area contributed by atoms with Crippen LogP contribution in [0.4, 0.5) is 10.5 Å². The highest BCUT2D eigenvalue weighted by molar-refractivity contribution is 7.90. The fourth-order valence-electron chi connectivity index (χ4n) is 4.96. The van der Waals surface area contributed by atoms with Gasteiger partial charge in [-0.15, -0.1) is 15.6 Å². The number of rotatable bonds is 12. The van der Waals surface area contributed by atoms with Gasteiger partial charge >= 0.3 is 6.03 Å². The first-order chi connectivity index (χ1) is 18.6. The van der Waals surface area contributed by atoms with Crippen LogP contribution in [0.1, 0.15) is 63.3 Å². The zero-order chi connectivity index (χ0) is 28.2. The van der Waals surface area contributed by atoms with E-state index in [-0.39, 0.29) is 4.90 Å². The Labute approximate surface area is 235 Å². The third-order valence-electron chi connectivity index (χ3n) is 7.49. The average molecular weight is 569 g/mol. The molecule has 2 unspecified atom stereocenters. The van der Waals surface area contributed by atoms with Crippen LogP contribution in [0.5, 0.6) is 0 Å². The maximum Gasteiger partial charge on any atom is 0.346 e. The van der Waals surface area contributed by atoms with Crippen molar-refractivity contribution in [3.63, 3.8) is 0 Å². The van der Waals surface area contributed by atoms with Gasteiger partial charge in [0.2, 0.25) is 0 Å². The highest BCUT2D eigenvalue weighted by Crippen LogP contribution is 2.35. The zero-order valence-corrected chi connectivity index (χ0v) is 24.2. The van der Waals surface area contributed by atoms with Crippen LogP contribution in [0.25, 0.3) is 0 Å². The molecule has 1 fully saturated rings. The summed E-state index contributed by atoms with van der Waals surface area (Å²) in [7, 11) is -4.37. The third-order valence-corrected chi connectivity index (χ3v) is 10.1. The minimum Gasteiger partial charge on any atom is -0.392 e. The Morgan fingerprint density at radius 2 is 1.67 bits per heavy atom. The van der Waals surface area contributed by atoms with Crippen molar-refractivity contribution in [3.05, 3.63) is 82.6 Å². The van der Waals surface area contributed by atoms with Gasteiger partial charge in [-0.2, -0.15) is 0 Å². The fourth-order valence-corrected chi connectivity index (χ4v) is 7.08. The Hall–Kier alpha value is -3.01. The quantitative estimate of drug-likeness (QED) is 0.265. The van der Waals surface area contributed by atoms with Crippen LogP contribution in [-0.2, 0) is 26.7 Å². The molecule has 0 bridgehead atoms. The number of thiophene rings is 1. The van der Waals surface area contributed by atoms with Crippen molar-refractivity contribution in [2.75, 3.05) is 4.90 Å². The summed E-state index contributed by atoms with van der Waals surface area (Å²) in [4.78, 5) is 29.6. The van der Waals surface area contributed by atoms with Gasteiger partial charge in [-0.05, 0) is 67.0 Å². The smallest absolute Gasteiger partial charge is 0.346 e. The summed E-state index contributed by atoms with van der Waals surface area (Å²) in [6.07, 6.45) is 3.75. The van der Waals surface area contributed by atoms with E-state index in [1.807, 2.05) is 43.5 Å². The molecule has 0 spiro atoms. The number of carbonyl (C=O) groups excluding carboxylic acids is 2. The number of unbranched alkanes of at least 4 members (excludes halogenated alkanes) is 1. The van der Waals surface area contributed by atoms with Gasteiger partial charge in [0.05, 0.1) is 11.0 Å². The topological polar surface area (TPSA) is 95.0 Å². The molecule has 208 valence electrons. The SMILES string of the molecule is CCCCC(O)C(C)(C)c1ccc(N2C(=O)N(S(=O)(=O)c3ccccc3)C(=O)C2CCCc2cccs2)cc1. The minimum absolute atomic E-state index is 0.107. The van der Waals surface area contributed by atoms with E-state index in [0.29, 0.717) is 29.3 Å². The predicted octanol–water partition coefficient (Wildman–Crippen LogP) is 6.13. The second-order valence-electron chi connectivity index (χ2n) is 10.5. The van der Waals surface area contributed by atoms with E-state index in [2.05, 4.69) is 6.92 Å². The van der Waals surface area contributed by atoms with Crippen LogP contribution in [0.3, 0.4) is 0 Å². The summed E-state index contributed by atoms with van der Waals surface area (Å²) in [6, 6.07) is 16.9. The lowest BCUT2D eigenvalue weighted by molar-refractivity contribution is -0.124. The summed E-state index contributed by atoms with van der Waals surface area (Å²) in [5.74, 6) is -0.741. The first-order valence-electron chi connectivity index (χ1n) is 13.4. The second kappa shape index (κ2) is 12.0. The largest absolute Gasteiger partial charge is 0.392 e. The highest BCUT2D eigenvalue weighted by atomic mass is 32.2. The summed E-state index contributed by atoms with van der Waals surface area (Å²) >= 11 is 1.62. The molecule has 1 N–H and O–H groups in total. The van der Waals surface area contributed by atoms with Crippen LogP contribution in [0, 0.1) is 0 Å². The van der Waals surface area contributed by atoms with Crippen LogP contribution in [0.15, 0.2) is 77.0 Å². The van der Waals surface area contributed by atoms with Crippen molar-refractivity contribution >= 4 is 39.0 Å². The standard InChI is InChI=1S/C30H36N2O5S2/c1-4-5-16-27(33)30(2,3)22-17-19-23(20-18-22)31-26(15-9-11-24-12-10-21-38-24)28(34)32(29(31)35)39(36,37)25-13-7-6-8-14-25/h6-8,10,12-14,17-21,26-27,33H,4-5,9,11,15-16H2,1-3H3. The molecule has 1 aliphatic heterocycles. The Morgan fingerprint density at radius 1 is 0.974 bits per heavy atom. The highest BCUT2D eigenvalue weighted by Gasteiger charge is 2.51. The van der Waals surface area contributed by atoms with Gasteiger partial charge in [-0.25, -0.2) is 13.2 Å². The average Bonchev–Trinajstić information content (AvgIpc) is 3.53. The second-order valence-corrected chi connectivity index (χ2v) is 13.3. The van der Waals surface area contributed by atoms with Gasteiger partial charge < -0.3 is 5.11 Å². The molecule has 3 aromatic rings. The molecule has 7 nitrogen and oxygen atoms in total. The number of urea groups is 1. The van der Waals surface area contributed by atoms with Gasteiger partial charge in [0, 0.05) is 16.0 Å². The normalized spacial score (nSPS) is 17.2. The van der Waals surface area contributed by atoms with Crippen molar-refractivity contribution in [1.82, 2.24) is 4.31 Å². The van der Waals surface area contributed by atoms with E-state index in [1.165, 1.54) is 21.9 Å². The number of anilines is 1. The molecule has 9 heteroatoms. The molecule has 0 saturated carbocycles. The van der Waals surface area contributed by atoms with Crippen LogP contribution < -0.4 is 4.90 Å². The number of aliphatic hydroxyl groups is 1. The van der Waals surface area contributed by atoms with E-state index < -0.39 is 39.5 Å². The number of carbonyl (C=O) groups is 2. The number of benzene rings is 2. The van der Waals surface area contributed by atoms with Crippen molar-refractivity contribution < 1.29 is 23.1 Å². The van der Waals surface area contributed by atoms with Gasteiger partial charge in [-0.1, -0.05) is 70.0 Å². The number of aryl methyl sites for hydroxylation is 1. The lowest BCUT2D eigenvalue weighted by atomic mass is 9.77.